The quantitative estimate of drug-likeness (QED) is 0.723. The number of hydrogen-bond acceptors (Lipinski definition) is 5. The minimum atomic E-state index is -0.273. The first-order valence-electron chi connectivity index (χ1n) is 9.89. The Kier molecular flexibility index (Phi) is 5.25. The highest BCUT2D eigenvalue weighted by Gasteiger charge is 2.32. The van der Waals surface area contributed by atoms with Gasteiger partial charge in [-0.25, -0.2) is 9.97 Å². The normalized spacial score (nSPS) is 16.3. The van der Waals surface area contributed by atoms with Crippen molar-refractivity contribution in [1.29, 1.82) is 0 Å². The van der Waals surface area contributed by atoms with Crippen LogP contribution in [0.1, 0.15) is 28.8 Å². The Morgan fingerprint density at radius 2 is 1.86 bits per heavy atom. The van der Waals surface area contributed by atoms with Crippen LogP contribution in [0.3, 0.4) is 0 Å². The molecule has 2 aromatic heterocycles. The standard InChI is InChI=1S/C23H25N5O/c1-15-7-9-18(10-8-15)14-28-13-11-20(23(28)29)26-21-16(2)17(3)25-22(27-21)19-6-4-5-12-24-19/h4-10,12,20H,11,13-14H2,1-3H3,(H,25,26,27). The summed E-state index contributed by atoms with van der Waals surface area (Å²) in [7, 11) is 0. The number of rotatable bonds is 5. The molecule has 0 bridgehead atoms. The summed E-state index contributed by atoms with van der Waals surface area (Å²) >= 11 is 0. The number of carbonyl (C=O) groups is 1. The van der Waals surface area contributed by atoms with Crippen molar-refractivity contribution in [2.24, 2.45) is 0 Å². The van der Waals surface area contributed by atoms with Crippen molar-refractivity contribution >= 4 is 11.7 Å². The van der Waals surface area contributed by atoms with Gasteiger partial charge in [0.15, 0.2) is 5.82 Å². The predicted molar refractivity (Wildman–Crippen MR) is 113 cm³/mol. The molecule has 1 aromatic carbocycles. The maximum atomic E-state index is 12.9. The van der Waals surface area contributed by atoms with Crippen LogP contribution in [0.4, 0.5) is 5.82 Å². The molecule has 1 atom stereocenters. The van der Waals surface area contributed by atoms with Crippen LogP contribution < -0.4 is 5.32 Å². The van der Waals surface area contributed by atoms with Gasteiger partial charge in [0.05, 0.1) is 0 Å². The van der Waals surface area contributed by atoms with Crippen LogP contribution in [-0.4, -0.2) is 38.3 Å². The number of anilines is 1. The third-order valence-corrected chi connectivity index (χ3v) is 5.39. The van der Waals surface area contributed by atoms with Crippen molar-refractivity contribution in [2.45, 2.75) is 39.8 Å². The molecule has 29 heavy (non-hydrogen) atoms. The Balaban J connectivity index is 1.51. The molecule has 1 unspecified atom stereocenters. The summed E-state index contributed by atoms with van der Waals surface area (Å²) in [4.78, 5) is 28.4. The SMILES string of the molecule is Cc1ccc(CN2CCC(Nc3nc(-c4ccccn4)nc(C)c3C)C2=O)cc1. The molecule has 1 saturated heterocycles. The lowest BCUT2D eigenvalue weighted by molar-refractivity contribution is -0.128. The van der Waals surface area contributed by atoms with Gasteiger partial charge in [-0.2, -0.15) is 0 Å². The Morgan fingerprint density at radius 3 is 2.59 bits per heavy atom. The lowest BCUT2D eigenvalue weighted by atomic mass is 10.1. The second-order valence-corrected chi connectivity index (χ2v) is 7.55. The van der Waals surface area contributed by atoms with Crippen LogP contribution in [0, 0.1) is 20.8 Å². The van der Waals surface area contributed by atoms with Crippen LogP contribution in [-0.2, 0) is 11.3 Å². The molecule has 6 heteroatoms. The molecule has 1 N–H and O–H groups in total. The van der Waals surface area contributed by atoms with Crippen LogP contribution >= 0.6 is 0 Å². The monoisotopic (exact) mass is 387 g/mol. The van der Waals surface area contributed by atoms with Gasteiger partial charge in [-0.3, -0.25) is 9.78 Å². The van der Waals surface area contributed by atoms with E-state index in [1.807, 2.05) is 36.9 Å². The maximum absolute atomic E-state index is 12.9. The number of aryl methyl sites for hydroxylation is 2. The number of nitrogens with one attached hydrogen (secondary N) is 1. The van der Waals surface area contributed by atoms with Gasteiger partial charge in [0.2, 0.25) is 5.91 Å². The number of hydrogen-bond donors (Lipinski definition) is 1. The predicted octanol–water partition coefficient (Wildman–Crippen LogP) is 3.68. The molecule has 4 rings (SSSR count). The first-order chi connectivity index (χ1) is 14.0. The molecule has 0 spiro atoms. The van der Waals surface area contributed by atoms with Crippen LogP contribution in [0.25, 0.3) is 11.5 Å². The van der Waals surface area contributed by atoms with E-state index in [2.05, 4.69) is 51.5 Å². The fourth-order valence-corrected chi connectivity index (χ4v) is 3.49. The maximum Gasteiger partial charge on any atom is 0.245 e. The van der Waals surface area contributed by atoms with Crippen molar-refractivity contribution < 1.29 is 4.79 Å². The molecule has 148 valence electrons. The smallest absolute Gasteiger partial charge is 0.245 e. The summed E-state index contributed by atoms with van der Waals surface area (Å²) in [6.45, 7) is 7.37. The zero-order chi connectivity index (χ0) is 20.4. The van der Waals surface area contributed by atoms with E-state index in [1.165, 1.54) is 5.56 Å². The number of likely N-dealkylation sites (tertiary alicyclic amines) is 1. The van der Waals surface area contributed by atoms with Crippen molar-refractivity contribution in [3.05, 3.63) is 71.0 Å². The third kappa shape index (κ3) is 4.11. The fourth-order valence-electron chi connectivity index (χ4n) is 3.49. The number of pyridine rings is 1. The van der Waals surface area contributed by atoms with E-state index in [-0.39, 0.29) is 11.9 Å². The second-order valence-electron chi connectivity index (χ2n) is 7.55. The molecule has 1 aliphatic heterocycles. The van der Waals surface area contributed by atoms with Crippen molar-refractivity contribution in [3.63, 3.8) is 0 Å². The van der Waals surface area contributed by atoms with Gasteiger partial charge in [0, 0.05) is 30.5 Å². The van der Waals surface area contributed by atoms with E-state index < -0.39 is 0 Å². The molecule has 6 nitrogen and oxygen atoms in total. The molecule has 3 aromatic rings. The van der Waals surface area contributed by atoms with E-state index in [0.29, 0.717) is 18.2 Å². The zero-order valence-electron chi connectivity index (χ0n) is 17.0. The molecular weight excluding hydrogens is 362 g/mol. The average molecular weight is 387 g/mol. The number of benzene rings is 1. The second kappa shape index (κ2) is 7.99. The third-order valence-electron chi connectivity index (χ3n) is 5.39. The summed E-state index contributed by atoms with van der Waals surface area (Å²) in [6.07, 6.45) is 2.48. The van der Waals surface area contributed by atoms with Crippen molar-refractivity contribution in [2.75, 3.05) is 11.9 Å². The topological polar surface area (TPSA) is 71.0 Å². The minimum Gasteiger partial charge on any atom is -0.358 e. The lowest BCUT2D eigenvalue weighted by Gasteiger charge is -2.19. The van der Waals surface area contributed by atoms with Gasteiger partial charge in [0.25, 0.3) is 0 Å². The molecular formula is C23H25N5O. The van der Waals surface area contributed by atoms with Gasteiger partial charge in [-0.1, -0.05) is 35.9 Å². The lowest BCUT2D eigenvalue weighted by Crippen LogP contribution is -2.33. The molecule has 0 aliphatic carbocycles. The Labute approximate surface area is 171 Å². The van der Waals surface area contributed by atoms with Crippen LogP contribution in [0.2, 0.25) is 0 Å². The highest BCUT2D eigenvalue weighted by molar-refractivity contribution is 5.86. The summed E-state index contributed by atoms with van der Waals surface area (Å²) < 4.78 is 0. The Bertz CT molecular complexity index is 1020. The number of nitrogens with zero attached hydrogens (tertiary/aromatic N) is 4. The van der Waals surface area contributed by atoms with Gasteiger partial charge < -0.3 is 10.2 Å². The Morgan fingerprint density at radius 1 is 1.07 bits per heavy atom. The summed E-state index contributed by atoms with van der Waals surface area (Å²) in [5, 5.41) is 3.36. The number of amides is 1. The molecule has 1 aliphatic rings. The van der Waals surface area contributed by atoms with Crippen LogP contribution in [0.15, 0.2) is 48.7 Å². The largest absolute Gasteiger partial charge is 0.358 e. The van der Waals surface area contributed by atoms with E-state index >= 15 is 0 Å². The molecule has 1 amide bonds. The highest BCUT2D eigenvalue weighted by atomic mass is 16.2. The van der Waals surface area contributed by atoms with Crippen LogP contribution in [0.5, 0.6) is 0 Å². The number of carbonyl (C=O) groups excluding carboxylic acids is 1. The zero-order valence-corrected chi connectivity index (χ0v) is 17.0. The first-order valence-corrected chi connectivity index (χ1v) is 9.89. The highest BCUT2D eigenvalue weighted by Crippen LogP contribution is 2.24. The number of aromatic nitrogens is 3. The summed E-state index contributed by atoms with van der Waals surface area (Å²) in [5.74, 6) is 1.38. The van der Waals surface area contributed by atoms with E-state index in [4.69, 9.17) is 0 Å². The summed E-state index contributed by atoms with van der Waals surface area (Å²) in [6, 6.07) is 13.7. The fraction of sp³-hybridized carbons (Fsp3) is 0.304. The summed E-state index contributed by atoms with van der Waals surface area (Å²) in [5.41, 5.74) is 4.92. The van der Waals surface area contributed by atoms with E-state index in [1.54, 1.807) is 6.20 Å². The molecule has 0 saturated carbocycles. The Hall–Kier alpha value is -3.28. The minimum absolute atomic E-state index is 0.112. The van der Waals surface area contributed by atoms with Gasteiger partial charge in [0.1, 0.15) is 17.6 Å². The average Bonchev–Trinajstić information content (AvgIpc) is 3.07. The molecule has 3 heterocycles. The van der Waals surface area contributed by atoms with E-state index in [0.717, 1.165) is 35.5 Å². The van der Waals surface area contributed by atoms with Crippen molar-refractivity contribution in [3.8, 4) is 11.5 Å². The van der Waals surface area contributed by atoms with Gasteiger partial charge in [-0.15, -0.1) is 0 Å². The van der Waals surface area contributed by atoms with Crippen molar-refractivity contribution in [1.82, 2.24) is 19.9 Å². The van der Waals surface area contributed by atoms with E-state index in [9.17, 15) is 4.79 Å². The molecule has 1 fully saturated rings. The van der Waals surface area contributed by atoms with Gasteiger partial charge >= 0.3 is 0 Å². The first kappa shape index (κ1) is 19.1. The molecule has 0 radical (unpaired) electrons. The van der Waals surface area contributed by atoms with Gasteiger partial charge in [-0.05, 0) is 44.9 Å².